The van der Waals surface area contributed by atoms with Crippen molar-refractivity contribution in [3.63, 3.8) is 0 Å². The summed E-state index contributed by atoms with van der Waals surface area (Å²) in [7, 11) is -3.75. The van der Waals surface area contributed by atoms with Crippen LogP contribution >= 0.6 is 15.9 Å². The van der Waals surface area contributed by atoms with E-state index in [1.54, 1.807) is 25.1 Å². The fraction of sp³-hybridized carbons (Fsp3) is 0.240. The summed E-state index contributed by atoms with van der Waals surface area (Å²) in [5, 5.41) is 2.89. The molecular weight excluding hydrogens is 504 g/mol. The second kappa shape index (κ2) is 10.4. The van der Waals surface area contributed by atoms with E-state index in [0.29, 0.717) is 17.0 Å². The van der Waals surface area contributed by atoms with Gasteiger partial charge in [-0.25, -0.2) is 8.42 Å². The highest BCUT2D eigenvalue weighted by atomic mass is 79.9. The topological polar surface area (TPSA) is 84.5 Å². The first-order valence-electron chi connectivity index (χ1n) is 10.4. The lowest BCUT2D eigenvalue weighted by molar-refractivity contribution is -0.123. The number of anilines is 1. The number of benzene rings is 3. The van der Waals surface area contributed by atoms with Crippen molar-refractivity contribution in [2.75, 3.05) is 11.3 Å². The summed E-state index contributed by atoms with van der Waals surface area (Å²) in [5.41, 5.74) is 4.19. The minimum Gasteiger partial charge on any atom is -0.484 e. The molecule has 33 heavy (non-hydrogen) atoms. The smallest absolute Gasteiger partial charge is 0.261 e. The summed E-state index contributed by atoms with van der Waals surface area (Å²) in [6, 6.07) is 17.5. The van der Waals surface area contributed by atoms with Crippen LogP contribution in [0.3, 0.4) is 0 Å². The lowest BCUT2D eigenvalue weighted by Gasteiger charge is -2.16. The molecule has 0 spiro atoms. The van der Waals surface area contributed by atoms with Gasteiger partial charge in [-0.3, -0.25) is 9.52 Å². The van der Waals surface area contributed by atoms with Crippen LogP contribution in [0.25, 0.3) is 0 Å². The summed E-state index contributed by atoms with van der Waals surface area (Å²) in [5.74, 6) is 0.181. The molecule has 0 heterocycles. The lowest BCUT2D eigenvalue weighted by Crippen LogP contribution is -2.31. The van der Waals surface area contributed by atoms with Gasteiger partial charge in [0.15, 0.2) is 6.61 Å². The number of nitrogens with one attached hydrogen (secondary N) is 2. The molecule has 0 aliphatic carbocycles. The summed E-state index contributed by atoms with van der Waals surface area (Å²) in [6.45, 7) is 7.36. The van der Waals surface area contributed by atoms with Crippen LogP contribution in [0.4, 0.5) is 5.69 Å². The third-order valence-corrected chi connectivity index (χ3v) is 7.17. The number of ether oxygens (including phenoxy) is 1. The Morgan fingerprint density at radius 1 is 0.970 bits per heavy atom. The molecule has 3 aromatic rings. The second-order valence-electron chi connectivity index (χ2n) is 7.96. The van der Waals surface area contributed by atoms with E-state index in [2.05, 4.69) is 26.0 Å². The maximum Gasteiger partial charge on any atom is 0.261 e. The number of aryl methyl sites for hydroxylation is 3. The van der Waals surface area contributed by atoms with Gasteiger partial charge in [0.05, 0.1) is 10.9 Å². The first-order valence-corrected chi connectivity index (χ1v) is 12.7. The standard InChI is InChI=1S/C25H27BrN2O4S/c1-16-8-9-22(12-17(16)2)28-33(30,31)23-10-11-24(18(3)13-23)32-15-25(29)27-19(4)20-6-5-7-21(26)14-20/h5-14,19,28H,15H2,1-4H3,(H,27,29). The van der Waals surface area contributed by atoms with Gasteiger partial charge in [-0.05, 0) is 92.4 Å². The van der Waals surface area contributed by atoms with E-state index in [1.165, 1.54) is 12.1 Å². The van der Waals surface area contributed by atoms with Gasteiger partial charge in [0.1, 0.15) is 5.75 Å². The minimum absolute atomic E-state index is 0.123. The highest BCUT2D eigenvalue weighted by Crippen LogP contribution is 2.24. The number of carbonyl (C=O) groups is 1. The number of sulfonamides is 1. The monoisotopic (exact) mass is 530 g/mol. The highest BCUT2D eigenvalue weighted by molar-refractivity contribution is 9.10. The second-order valence-corrected chi connectivity index (χ2v) is 10.6. The van der Waals surface area contributed by atoms with Crippen LogP contribution in [0.1, 0.15) is 35.2 Å². The molecule has 0 fully saturated rings. The van der Waals surface area contributed by atoms with Crippen molar-refractivity contribution >= 4 is 37.5 Å². The van der Waals surface area contributed by atoms with Crippen LogP contribution in [-0.2, 0) is 14.8 Å². The molecule has 0 aliphatic heterocycles. The molecular formula is C25H27BrN2O4S. The SMILES string of the molecule is Cc1ccc(NS(=O)(=O)c2ccc(OCC(=O)NC(C)c3cccc(Br)c3)c(C)c2)cc1C. The van der Waals surface area contributed by atoms with Crippen LogP contribution in [0.15, 0.2) is 70.0 Å². The Hall–Kier alpha value is -2.84. The van der Waals surface area contributed by atoms with Crippen LogP contribution < -0.4 is 14.8 Å². The van der Waals surface area contributed by atoms with Gasteiger partial charge in [-0.15, -0.1) is 0 Å². The molecule has 1 unspecified atom stereocenters. The van der Waals surface area contributed by atoms with E-state index in [9.17, 15) is 13.2 Å². The Balaban J connectivity index is 1.62. The van der Waals surface area contributed by atoms with E-state index in [4.69, 9.17) is 4.74 Å². The highest BCUT2D eigenvalue weighted by Gasteiger charge is 2.17. The van der Waals surface area contributed by atoms with Crippen molar-refractivity contribution in [3.8, 4) is 5.75 Å². The number of rotatable bonds is 8. The molecule has 3 aromatic carbocycles. The van der Waals surface area contributed by atoms with E-state index in [0.717, 1.165) is 21.2 Å². The van der Waals surface area contributed by atoms with Crippen LogP contribution in [-0.4, -0.2) is 20.9 Å². The van der Waals surface area contributed by atoms with Crippen molar-refractivity contribution in [1.82, 2.24) is 5.32 Å². The van der Waals surface area contributed by atoms with Gasteiger partial charge in [-0.1, -0.05) is 34.1 Å². The largest absolute Gasteiger partial charge is 0.484 e. The molecule has 174 valence electrons. The number of hydrogen-bond acceptors (Lipinski definition) is 4. The number of hydrogen-bond donors (Lipinski definition) is 2. The quantitative estimate of drug-likeness (QED) is 0.406. The van der Waals surface area contributed by atoms with Crippen molar-refractivity contribution in [1.29, 1.82) is 0 Å². The number of halogens is 1. The van der Waals surface area contributed by atoms with E-state index < -0.39 is 10.0 Å². The first-order chi connectivity index (χ1) is 15.5. The maximum atomic E-state index is 12.8. The van der Waals surface area contributed by atoms with E-state index in [-0.39, 0.29) is 23.5 Å². The van der Waals surface area contributed by atoms with Gasteiger partial charge in [0, 0.05) is 10.2 Å². The molecule has 0 saturated heterocycles. The lowest BCUT2D eigenvalue weighted by atomic mass is 10.1. The van der Waals surface area contributed by atoms with Crippen LogP contribution in [0.5, 0.6) is 5.75 Å². The Morgan fingerprint density at radius 3 is 2.39 bits per heavy atom. The molecule has 0 aliphatic rings. The van der Waals surface area contributed by atoms with Gasteiger partial charge >= 0.3 is 0 Å². The molecule has 0 saturated carbocycles. The fourth-order valence-electron chi connectivity index (χ4n) is 3.26. The zero-order valence-corrected chi connectivity index (χ0v) is 21.4. The van der Waals surface area contributed by atoms with Crippen molar-refractivity contribution in [2.24, 2.45) is 0 Å². The normalized spacial score (nSPS) is 12.2. The predicted molar refractivity (Wildman–Crippen MR) is 134 cm³/mol. The summed E-state index contributed by atoms with van der Waals surface area (Å²) < 4.78 is 34.8. The Morgan fingerprint density at radius 2 is 1.73 bits per heavy atom. The van der Waals surface area contributed by atoms with Gasteiger partial charge < -0.3 is 10.1 Å². The average Bonchev–Trinajstić information content (AvgIpc) is 2.75. The van der Waals surface area contributed by atoms with Crippen LogP contribution in [0.2, 0.25) is 0 Å². The molecule has 0 bridgehead atoms. The van der Waals surface area contributed by atoms with Crippen LogP contribution in [0, 0.1) is 20.8 Å². The third kappa shape index (κ3) is 6.58. The number of amides is 1. The Bertz CT molecular complexity index is 1280. The molecule has 3 rings (SSSR count). The Labute approximate surface area is 203 Å². The molecule has 6 nitrogen and oxygen atoms in total. The van der Waals surface area contributed by atoms with E-state index in [1.807, 2.05) is 51.1 Å². The average molecular weight is 531 g/mol. The summed E-state index contributed by atoms with van der Waals surface area (Å²) in [4.78, 5) is 12.4. The molecule has 8 heteroatoms. The minimum atomic E-state index is -3.75. The number of carbonyl (C=O) groups excluding carboxylic acids is 1. The van der Waals surface area contributed by atoms with Gasteiger partial charge in [-0.2, -0.15) is 0 Å². The fourth-order valence-corrected chi connectivity index (χ4v) is 4.81. The zero-order valence-electron chi connectivity index (χ0n) is 19.0. The third-order valence-electron chi connectivity index (χ3n) is 5.30. The predicted octanol–water partition coefficient (Wildman–Crippen LogP) is 5.43. The molecule has 2 N–H and O–H groups in total. The molecule has 0 radical (unpaired) electrons. The van der Waals surface area contributed by atoms with Crippen molar-refractivity contribution in [2.45, 2.75) is 38.6 Å². The first kappa shape index (κ1) is 24.8. The summed E-state index contributed by atoms with van der Waals surface area (Å²) >= 11 is 3.43. The zero-order chi connectivity index (χ0) is 24.2. The molecule has 0 aromatic heterocycles. The molecule has 1 atom stereocenters. The van der Waals surface area contributed by atoms with Gasteiger partial charge in [0.2, 0.25) is 0 Å². The molecule has 1 amide bonds. The Kier molecular flexibility index (Phi) is 7.81. The van der Waals surface area contributed by atoms with Crippen molar-refractivity contribution < 1.29 is 17.9 Å². The van der Waals surface area contributed by atoms with Crippen molar-refractivity contribution in [3.05, 3.63) is 87.4 Å². The maximum absolute atomic E-state index is 12.8. The van der Waals surface area contributed by atoms with Gasteiger partial charge in [0.25, 0.3) is 15.9 Å². The van der Waals surface area contributed by atoms with E-state index >= 15 is 0 Å². The summed E-state index contributed by atoms with van der Waals surface area (Å²) in [6.07, 6.45) is 0.